The molecule has 1 N–H and O–H groups in total. The summed E-state index contributed by atoms with van der Waals surface area (Å²) in [5, 5.41) is 5.27. The van der Waals surface area contributed by atoms with E-state index in [2.05, 4.69) is 10.3 Å². The summed E-state index contributed by atoms with van der Waals surface area (Å²) in [5.74, 6) is -0.722. The fourth-order valence-corrected chi connectivity index (χ4v) is 3.65. The van der Waals surface area contributed by atoms with Crippen LogP contribution in [-0.4, -0.2) is 52.6 Å². The molecule has 1 aliphatic rings. The molecule has 0 atom stereocenters. The maximum Gasteiger partial charge on any atom is 0.410 e. The number of benzene rings is 1. The molecule has 0 radical (unpaired) electrons. The van der Waals surface area contributed by atoms with Gasteiger partial charge in [-0.3, -0.25) is 4.79 Å². The van der Waals surface area contributed by atoms with Crippen LogP contribution < -0.4 is 5.32 Å². The lowest BCUT2D eigenvalue weighted by Gasteiger charge is -2.33. The van der Waals surface area contributed by atoms with Gasteiger partial charge in [-0.25, -0.2) is 14.6 Å². The molecule has 166 valence electrons. The lowest BCUT2D eigenvalue weighted by Crippen LogP contribution is -2.43. The fourth-order valence-electron chi connectivity index (χ4n) is 3.05. The van der Waals surface area contributed by atoms with E-state index in [4.69, 9.17) is 9.47 Å². The van der Waals surface area contributed by atoms with Crippen molar-refractivity contribution < 1.29 is 23.9 Å². The average Bonchev–Trinajstić information content (AvgIpc) is 3.14. The Labute approximate surface area is 185 Å². The van der Waals surface area contributed by atoms with Gasteiger partial charge in [0.05, 0.1) is 10.6 Å². The van der Waals surface area contributed by atoms with E-state index in [1.165, 1.54) is 11.3 Å². The highest BCUT2D eigenvalue weighted by Gasteiger charge is 2.28. The number of aryl methyl sites for hydroxylation is 1. The summed E-state index contributed by atoms with van der Waals surface area (Å²) in [4.78, 5) is 42.5. The number of aromatic nitrogens is 1. The van der Waals surface area contributed by atoms with Gasteiger partial charge in [0.1, 0.15) is 17.4 Å². The minimum Gasteiger partial charge on any atom is -0.459 e. The van der Waals surface area contributed by atoms with Gasteiger partial charge in [0.2, 0.25) is 0 Å². The molecule has 0 saturated carbocycles. The maximum absolute atomic E-state index is 12.5. The van der Waals surface area contributed by atoms with Gasteiger partial charge in [0, 0.05) is 37.0 Å². The van der Waals surface area contributed by atoms with Crippen molar-refractivity contribution in [1.82, 2.24) is 9.88 Å². The smallest absolute Gasteiger partial charge is 0.410 e. The zero-order valence-electron chi connectivity index (χ0n) is 18.1. The van der Waals surface area contributed by atoms with Gasteiger partial charge < -0.3 is 19.7 Å². The molecule has 1 aliphatic heterocycles. The minimum atomic E-state index is -0.537. The van der Waals surface area contributed by atoms with Gasteiger partial charge in [0.15, 0.2) is 0 Å². The van der Waals surface area contributed by atoms with Crippen molar-refractivity contribution in [3.8, 4) is 0 Å². The van der Waals surface area contributed by atoms with Crippen molar-refractivity contribution in [3.63, 3.8) is 0 Å². The number of thiazole rings is 1. The zero-order chi connectivity index (χ0) is 22.6. The lowest BCUT2D eigenvalue weighted by atomic mass is 10.1. The first-order valence-electron chi connectivity index (χ1n) is 10.1. The highest BCUT2D eigenvalue weighted by Crippen LogP contribution is 2.19. The number of hydrogen-bond donors (Lipinski definition) is 1. The van der Waals surface area contributed by atoms with E-state index in [-0.39, 0.29) is 18.1 Å². The summed E-state index contributed by atoms with van der Waals surface area (Å²) in [5.41, 5.74) is 0.796. The predicted octanol–water partition coefficient (Wildman–Crippen LogP) is 4.26. The lowest BCUT2D eigenvalue weighted by molar-refractivity contribution is -0.00341. The molecule has 1 saturated heterocycles. The summed E-state index contributed by atoms with van der Waals surface area (Å²) in [7, 11) is 0. The molecule has 1 aromatic carbocycles. The van der Waals surface area contributed by atoms with E-state index in [0.29, 0.717) is 42.9 Å². The number of carbonyl (C=O) groups is 3. The van der Waals surface area contributed by atoms with E-state index < -0.39 is 11.6 Å². The Morgan fingerprint density at radius 3 is 2.32 bits per heavy atom. The monoisotopic (exact) mass is 445 g/mol. The highest BCUT2D eigenvalue weighted by molar-refractivity contribution is 7.09. The molecule has 1 aromatic heterocycles. The largest absolute Gasteiger partial charge is 0.459 e. The van der Waals surface area contributed by atoms with Crippen molar-refractivity contribution in [2.75, 3.05) is 18.4 Å². The van der Waals surface area contributed by atoms with Crippen LogP contribution in [0.3, 0.4) is 0 Å². The molecule has 9 heteroatoms. The summed E-state index contributed by atoms with van der Waals surface area (Å²) >= 11 is 1.41. The molecule has 31 heavy (non-hydrogen) atoms. The Bertz CT molecular complexity index is 941. The third kappa shape index (κ3) is 6.52. The Morgan fingerprint density at radius 1 is 1.13 bits per heavy atom. The molecule has 0 aliphatic carbocycles. The van der Waals surface area contributed by atoms with Crippen molar-refractivity contribution in [2.45, 2.75) is 52.2 Å². The van der Waals surface area contributed by atoms with Gasteiger partial charge >= 0.3 is 12.1 Å². The van der Waals surface area contributed by atoms with Crippen LogP contribution in [0.1, 0.15) is 59.5 Å². The number of amides is 2. The number of likely N-dealkylation sites (tertiary alicyclic amines) is 1. The Kier molecular flexibility index (Phi) is 6.94. The molecule has 1 fully saturated rings. The van der Waals surface area contributed by atoms with Crippen molar-refractivity contribution >= 4 is 35.0 Å². The molecule has 8 nitrogen and oxygen atoms in total. The van der Waals surface area contributed by atoms with Gasteiger partial charge in [-0.15, -0.1) is 11.3 Å². The predicted molar refractivity (Wildman–Crippen MR) is 117 cm³/mol. The molecule has 0 unspecified atom stereocenters. The Balaban J connectivity index is 1.48. The number of nitrogens with one attached hydrogen (secondary N) is 1. The fraction of sp³-hybridized carbons (Fsp3) is 0.455. The molecule has 3 rings (SSSR count). The summed E-state index contributed by atoms with van der Waals surface area (Å²) < 4.78 is 11.0. The second-order valence-corrected chi connectivity index (χ2v) is 9.42. The Hall–Kier alpha value is -2.94. The topological polar surface area (TPSA) is 97.8 Å². The first-order valence-corrected chi connectivity index (χ1v) is 11.0. The molecular formula is C22H27N3O5S. The number of esters is 1. The second kappa shape index (κ2) is 9.47. The molecule has 2 amide bonds. The van der Waals surface area contributed by atoms with Gasteiger partial charge in [0.25, 0.3) is 5.91 Å². The summed E-state index contributed by atoms with van der Waals surface area (Å²) in [6.07, 6.45) is 0.527. The number of anilines is 1. The maximum atomic E-state index is 12.5. The van der Waals surface area contributed by atoms with Crippen LogP contribution in [0, 0.1) is 6.92 Å². The molecule has 2 aromatic rings. The number of hydrogen-bond acceptors (Lipinski definition) is 7. The molecular weight excluding hydrogens is 418 g/mol. The number of nitrogens with zero attached hydrogens (tertiary/aromatic N) is 2. The number of carbonyl (C=O) groups excluding carboxylic acids is 3. The second-order valence-electron chi connectivity index (χ2n) is 8.36. The number of rotatable bonds is 4. The quantitative estimate of drug-likeness (QED) is 0.706. The standard InChI is InChI=1S/C22H27N3O5S/c1-14-23-18(13-31-14)19(26)24-16-7-5-15(6-8-16)20(27)29-17-9-11-25(12-10-17)21(28)30-22(2,3)4/h5-8,13,17H,9-12H2,1-4H3,(H,24,26). The van der Waals surface area contributed by atoms with E-state index in [0.717, 1.165) is 5.01 Å². The van der Waals surface area contributed by atoms with E-state index >= 15 is 0 Å². The molecule has 0 spiro atoms. The minimum absolute atomic E-state index is 0.251. The first-order chi connectivity index (χ1) is 14.6. The third-order valence-corrected chi connectivity index (χ3v) is 5.37. The highest BCUT2D eigenvalue weighted by atomic mass is 32.1. The van der Waals surface area contributed by atoms with Crippen molar-refractivity contribution in [2.24, 2.45) is 0 Å². The van der Waals surface area contributed by atoms with Crippen molar-refractivity contribution in [3.05, 3.63) is 45.9 Å². The molecule has 0 bridgehead atoms. The van der Waals surface area contributed by atoms with Crippen LogP contribution in [0.2, 0.25) is 0 Å². The number of piperidine rings is 1. The van der Waals surface area contributed by atoms with E-state index in [1.807, 2.05) is 27.7 Å². The first kappa shape index (κ1) is 22.7. The average molecular weight is 446 g/mol. The van der Waals surface area contributed by atoms with Crippen LogP contribution in [0.5, 0.6) is 0 Å². The van der Waals surface area contributed by atoms with Crippen LogP contribution in [0.25, 0.3) is 0 Å². The van der Waals surface area contributed by atoms with E-state index in [1.54, 1.807) is 34.5 Å². The van der Waals surface area contributed by atoms with E-state index in [9.17, 15) is 14.4 Å². The summed E-state index contributed by atoms with van der Waals surface area (Å²) in [6, 6.07) is 6.53. The van der Waals surface area contributed by atoms with Gasteiger partial charge in [-0.2, -0.15) is 0 Å². The van der Waals surface area contributed by atoms with Crippen LogP contribution >= 0.6 is 11.3 Å². The summed E-state index contributed by atoms with van der Waals surface area (Å²) in [6.45, 7) is 8.29. The van der Waals surface area contributed by atoms with Gasteiger partial charge in [-0.1, -0.05) is 0 Å². The normalized spacial score (nSPS) is 14.8. The SMILES string of the molecule is Cc1nc(C(=O)Nc2ccc(C(=O)OC3CCN(C(=O)OC(C)(C)C)CC3)cc2)cs1. The van der Waals surface area contributed by atoms with Crippen LogP contribution in [-0.2, 0) is 9.47 Å². The van der Waals surface area contributed by atoms with Crippen LogP contribution in [0.15, 0.2) is 29.6 Å². The van der Waals surface area contributed by atoms with Crippen molar-refractivity contribution in [1.29, 1.82) is 0 Å². The van der Waals surface area contributed by atoms with Gasteiger partial charge in [-0.05, 0) is 52.0 Å². The zero-order valence-corrected chi connectivity index (χ0v) is 19.0. The Morgan fingerprint density at radius 2 is 1.77 bits per heavy atom. The number of ether oxygens (including phenoxy) is 2. The molecule has 2 heterocycles. The van der Waals surface area contributed by atoms with Crippen LogP contribution in [0.4, 0.5) is 10.5 Å². The third-order valence-electron chi connectivity index (χ3n) is 4.60.